The number of ether oxygens (including phenoxy) is 1. The second kappa shape index (κ2) is 2.67. The molecular formula is C7H14O2. The van der Waals surface area contributed by atoms with Crippen LogP contribution in [0.15, 0.2) is 0 Å². The van der Waals surface area contributed by atoms with E-state index in [0.29, 0.717) is 6.10 Å². The highest BCUT2D eigenvalue weighted by molar-refractivity contribution is 4.72. The maximum atomic E-state index is 9.17. The van der Waals surface area contributed by atoms with Gasteiger partial charge >= 0.3 is 0 Å². The van der Waals surface area contributed by atoms with Crippen LogP contribution in [0, 0.1) is 0 Å². The number of aliphatic hydroxyl groups is 1. The van der Waals surface area contributed by atoms with Crippen LogP contribution < -0.4 is 0 Å². The Morgan fingerprint density at radius 2 is 2.00 bits per heavy atom. The SMILES string of the molecule is CC1CC[C@H](O)[C@@H](C)O1. The molecule has 0 spiro atoms. The van der Waals surface area contributed by atoms with Crippen molar-refractivity contribution in [3.63, 3.8) is 0 Å². The van der Waals surface area contributed by atoms with Crippen molar-refractivity contribution in [3.05, 3.63) is 0 Å². The molecule has 0 aromatic rings. The lowest BCUT2D eigenvalue weighted by atomic mass is 10.0. The summed E-state index contributed by atoms with van der Waals surface area (Å²) in [5, 5.41) is 9.17. The van der Waals surface area contributed by atoms with Gasteiger partial charge in [0.2, 0.25) is 0 Å². The monoisotopic (exact) mass is 130 g/mol. The number of hydrogen-bond donors (Lipinski definition) is 1. The first-order valence-electron chi connectivity index (χ1n) is 3.53. The molecule has 0 aromatic carbocycles. The Bertz CT molecular complexity index is 92.9. The Kier molecular flexibility index (Phi) is 2.09. The smallest absolute Gasteiger partial charge is 0.0809 e. The van der Waals surface area contributed by atoms with E-state index in [4.69, 9.17) is 4.74 Å². The first kappa shape index (κ1) is 7.03. The van der Waals surface area contributed by atoms with Crippen LogP contribution in [0.2, 0.25) is 0 Å². The molecule has 0 radical (unpaired) electrons. The Morgan fingerprint density at radius 3 is 2.44 bits per heavy atom. The van der Waals surface area contributed by atoms with Crippen molar-refractivity contribution in [1.29, 1.82) is 0 Å². The molecule has 1 unspecified atom stereocenters. The molecule has 1 aliphatic heterocycles. The van der Waals surface area contributed by atoms with Gasteiger partial charge in [-0.1, -0.05) is 0 Å². The number of aliphatic hydroxyl groups excluding tert-OH is 1. The molecule has 1 aliphatic rings. The molecule has 54 valence electrons. The Hall–Kier alpha value is -0.0800. The summed E-state index contributed by atoms with van der Waals surface area (Å²) >= 11 is 0. The van der Waals surface area contributed by atoms with Crippen molar-refractivity contribution in [2.45, 2.75) is 45.0 Å². The van der Waals surface area contributed by atoms with E-state index >= 15 is 0 Å². The van der Waals surface area contributed by atoms with Crippen LogP contribution in [-0.4, -0.2) is 23.4 Å². The zero-order valence-corrected chi connectivity index (χ0v) is 6.00. The van der Waals surface area contributed by atoms with Gasteiger partial charge in [0.15, 0.2) is 0 Å². The molecule has 2 heteroatoms. The van der Waals surface area contributed by atoms with Crippen LogP contribution in [0.25, 0.3) is 0 Å². The van der Waals surface area contributed by atoms with E-state index in [-0.39, 0.29) is 12.2 Å². The van der Waals surface area contributed by atoms with Crippen LogP contribution in [0.4, 0.5) is 0 Å². The van der Waals surface area contributed by atoms with Gasteiger partial charge in [-0.15, -0.1) is 0 Å². The third-order valence-electron chi connectivity index (χ3n) is 1.86. The lowest BCUT2D eigenvalue weighted by Gasteiger charge is -2.29. The van der Waals surface area contributed by atoms with Crippen LogP contribution in [0.5, 0.6) is 0 Å². The molecule has 1 saturated heterocycles. The van der Waals surface area contributed by atoms with E-state index in [1.165, 1.54) is 0 Å². The molecule has 1 heterocycles. The molecule has 3 atom stereocenters. The quantitative estimate of drug-likeness (QED) is 0.528. The standard InChI is InChI=1S/C7H14O2/c1-5-3-4-7(8)6(2)9-5/h5-8H,3-4H2,1-2H3/t5?,6-,7+/m1/s1. The summed E-state index contributed by atoms with van der Waals surface area (Å²) in [4.78, 5) is 0. The van der Waals surface area contributed by atoms with E-state index in [2.05, 4.69) is 0 Å². The molecule has 0 aliphatic carbocycles. The third-order valence-corrected chi connectivity index (χ3v) is 1.86. The third kappa shape index (κ3) is 1.66. The molecule has 9 heavy (non-hydrogen) atoms. The van der Waals surface area contributed by atoms with Gasteiger partial charge in [-0.2, -0.15) is 0 Å². The van der Waals surface area contributed by atoms with Crippen molar-refractivity contribution in [2.75, 3.05) is 0 Å². The zero-order chi connectivity index (χ0) is 6.85. The Morgan fingerprint density at radius 1 is 1.33 bits per heavy atom. The van der Waals surface area contributed by atoms with E-state index in [9.17, 15) is 5.11 Å². The maximum Gasteiger partial charge on any atom is 0.0809 e. The van der Waals surface area contributed by atoms with Crippen LogP contribution in [-0.2, 0) is 4.74 Å². The van der Waals surface area contributed by atoms with Crippen molar-refractivity contribution >= 4 is 0 Å². The zero-order valence-electron chi connectivity index (χ0n) is 6.00. The molecule has 0 bridgehead atoms. The molecule has 0 amide bonds. The van der Waals surface area contributed by atoms with E-state index in [0.717, 1.165) is 12.8 Å². The van der Waals surface area contributed by atoms with Crippen LogP contribution in [0.1, 0.15) is 26.7 Å². The lowest BCUT2D eigenvalue weighted by molar-refractivity contribution is -0.101. The van der Waals surface area contributed by atoms with Gasteiger partial charge in [0, 0.05) is 0 Å². The fraction of sp³-hybridized carbons (Fsp3) is 1.00. The summed E-state index contributed by atoms with van der Waals surface area (Å²) in [5.41, 5.74) is 0. The normalized spacial score (nSPS) is 45.0. The molecule has 0 saturated carbocycles. The summed E-state index contributed by atoms with van der Waals surface area (Å²) in [5.74, 6) is 0. The van der Waals surface area contributed by atoms with Gasteiger partial charge in [-0.3, -0.25) is 0 Å². The van der Waals surface area contributed by atoms with Crippen molar-refractivity contribution < 1.29 is 9.84 Å². The van der Waals surface area contributed by atoms with Gasteiger partial charge in [0.25, 0.3) is 0 Å². The fourth-order valence-corrected chi connectivity index (χ4v) is 1.17. The van der Waals surface area contributed by atoms with Crippen molar-refractivity contribution in [1.82, 2.24) is 0 Å². The predicted octanol–water partition coefficient (Wildman–Crippen LogP) is 0.935. The first-order chi connectivity index (χ1) is 4.20. The minimum atomic E-state index is -0.235. The number of rotatable bonds is 0. The number of hydrogen-bond acceptors (Lipinski definition) is 2. The van der Waals surface area contributed by atoms with Gasteiger partial charge < -0.3 is 9.84 Å². The lowest BCUT2D eigenvalue weighted by Crippen LogP contribution is -2.35. The first-order valence-corrected chi connectivity index (χ1v) is 3.53. The molecule has 1 fully saturated rings. The van der Waals surface area contributed by atoms with Gasteiger partial charge in [-0.25, -0.2) is 0 Å². The largest absolute Gasteiger partial charge is 0.390 e. The second-order valence-corrected chi connectivity index (χ2v) is 2.80. The Balaban J connectivity index is 2.35. The highest BCUT2D eigenvalue weighted by atomic mass is 16.5. The minimum absolute atomic E-state index is 0.0359. The van der Waals surface area contributed by atoms with E-state index < -0.39 is 0 Å². The topological polar surface area (TPSA) is 29.5 Å². The minimum Gasteiger partial charge on any atom is -0.390 e. The van der Waals surface area contributed by atoms with Crippen molar-refractivity contribution in [2.24, 2.45) is 0 Å². The van der Waals surface area contributed by atoms with Crippen LogP contribution >= 0.6 is 0 Å². The summed E-state index contributed by atoms with van der Waals surface area (Å²) < 4.78 is 5.35. The summed E-state index contributed by atoms with van der Waals surface area (Å²) in [7, 11) is 0. The van der Waals surface area contributed by atoms with E-state index in [1.807, 2.05) is 13.8 Å². The fourth-order valence-electron chi connectivity index (χ4n) is 1.17. The molecular weight excluding hydrogens is 116 g/mol. The van der Waals surface area contributed by atoms with Crippen LogP contribution in [0.3, 0.4) is 0 Å². The van der Waals surface area contributed by atoms with Gasteiger partial charge in [0.1, 0.15) is 0 Å². The summed E-state index contributed by atoms with van der Waals surface area (Å²) in [6, 6.07) is 0. The molecule has 1 rings (SSSR count). The summed E-state index contributed by atoms with van der Waals surface area (Å²) in [6.07, 6.45) is 2.02. The van der Waals surface area contributed by atoms with Gasteiger partial charge in [-0.05, 0) is 26.7 Å². The van der Waals surface area contributed by atoms with Gasteiger partial charge in [0.05, 0.1) is 18.3 Å². The molecule has 0 aromatic heterocycles. The van der Waals surface area contributed by atoms with E-state index in [1.54, 1.807) is 0 Å². The molecule has 2 nitrogen and oxygen atoms in total. The molecule has 1 N–H and O–H groups in total. The highest BCUT2D eigenvalue weighted by Gasteiger charge is 2.23. The average molecular weight is 130 g/mol. The second-order valence-electron chi connectivity index (χ2n) is 2.80. The average Bonchev–Trinajstić information content (AvgIpc) is 1.80. The Labute approximate surface area is 55.8 Å². The summed E-state index contributed by atoms with van der Waals surface area (Å²) in [6.45, 7) is 3.96. The van der Waals surface area contributed by atoms with Crippen molar-refractivity contribution in [3.8, 4) is 0 Å². The highest BCUT2D eigenvalue weighted by Crippen LogP contribution is 2.18. The maximum absolute atomic E-state index is 9.17. The predicted molar refractivity (Wildman–Crippen MR) is 35.2 cm³/mol.